The average molecular weight is 300 g/mol. The first-order valence-corrected chi connectivity index (χ1v) is 6.17. The highest BCUT2D eigenvalue weighted by atomic mass is 79.9. The maximum atomic E-state index is 4.96. The Balaban J connectivity index is 2.81. The summed E-state index contributed by atoms with van der Waals surface area (Å²) >= 11 is 8.36. The molecule has 0 fully saturated rings. The van der Waals surface area contributed by atoms with Crippen LogP contribution in [0.25, 0.3) is 0 Å². The number of benzene rings is 1. The first-order chi connectivity index (χ1) is 7.67. The number of hydrazone groups is 1. The van der Waals surface area contributed by atoms with Gasteiger partial charge in [0.2, 0.25) is 0 Å². The molecule has 0 aliphatic heterocycles. The van der Waals surface area contributed by atoms with Crippen LogP contribution in [0.15, 0.2) is 33.8 Å². The highest BCUT2D eigenvalue weighted by Crippen LogP contribution is 2.12. The average Bonchev–Trinajstić information content (AvgIpc) is 2.31. The van der Waals surface area contributed by atoms with Gasteiger partial charge in [0.1, 0.15) is 0 Å². The van der Waals surface area contributed by atoms with Crippen LogP contribution in [0, 0.1) is 0 Å². The van der Waals surface area contributed by atoms with E-state index >= 15 is 0 Å². The maximum absolute atomic E-state index is 4.96. The molecule has 0 unspecified atom stereocenters. The van der Waals surface area contributed by atoms with Crippen molar-refractivity contribution in [2.75, 3.05) is 7.05 Å². The first kappa shape index (κ1) is 13.1. The third-order valence-corrected chi connectivity index (χ3v) is 2.86. The van der Waals surface area contributed by atoms with Gasteiger partial charge in [-0.2, -0.15) is 5.10 Å². The lowest BCUT2D eigenvalue weighted by molar-refractivity contribution is 0.965. The molecule has 0 radical (unpaired) electrons. The Hall–Kier alpha value is -0.940. The van der Waals surface area contributed by atoms with Crippen LogP contribution in [-0.2, 0) is 0 Å². The molecule has 0 spiro atoms. The highest BCUT2D eigenvalue weighted by molar-refractivity contribution is 9.10. The third-order valence-electron chi connectivity index (χ3n) is 2.03. The van der Waals surface area contributed by atoms with Crippen molar-refractivity contribution in [3.8, 4) is 0 Å². The maximum Gasteiger partial charge on any atom is 0.186 e. The zero-order valence-electron chi connectivity index (χ0n) is 9.25. The van der Waals surface area contributed by atoms with E-state index in [9.17, 15) is 0 Å². The molecule has 0 bridgehead atoms. The summed E-state index contributed by atoms with van der Waals surface area (Å²) in [6, 6.07) is 8.04. The minimum Gasteiger partial charge on any atom is -0.364 e. The van der Waals surface area contributed by atoms with Gasteiger partial charge in [0.15, 0.2) is 5.11 Å². The van der Waals surface area contributed by atoms with Gasteiger partial charge in [-0.05, 0) is 36.3 Å². The van der Waals surface area contributed by atoms with Crippen LogP contribution >= 0.6 is 28.1 Å². The number of hydrogen-bond acceptors (Lipinski definition) is 2. The summed E-state index contributed by atoms with van der Waals surface area (Å²) in [5.74, 6) is 0. The molecule has 1 aromatic rings. The van der Waals surface area contributed by atoms with Crippen molar-refractivity contribution in [3.05, 3.63) is 34.3 Å². The lowest BCUT2D eigenvalue weighted by Crippen LogP contribution is -2.29. The van der Waals surface area contributed by atoms with Crippen LogP contribution in [0.1, 0.15) is 18.9 Å². The van der Waals surface area contributed by atoms with Crippen LogP contribution in [0.2, 0.25) is 0 Å². The molecule has 86 valence electrons. The third kappa shape index (κ3) is 3.90. The molecule has 0 saturated heterocycles. The number of nitrogens with one attached hydrogen (secondary N) is 2. The Morgan fingerprint density at radius 3 is 2.50 bits per heavy atom. The van der Waals surface area contributed by atoms with Gasteiger partial charge in [-0.1, -0.05) is 35.0 Å². The van der Waals surface area contributed by atoms with Crippen LogP contribution in [0.5, 0.6) is 0 Å². The van der Waals surface area contributed by atoms with Gasteiger partial charge in [-0.25, -0.2) is 0 Å². The predicted molar refractivity (Wildman–Crippen MR) is 75.8 cm³/mol. The smallest absolute Gasteiger partial charge is 0.186 e. The number of thiocarbonyl (C=S) groups is 1. The zero-order valence-corrected chi connectivity index (χ0v) is 11.7. The number of rotatable bonds is 3. The second-order valence-corrected chi connectivity index (χ2v) is 4.43. The van der Waals surface area contributed by atoms with Gasteiger partial charge in [0.05, 0.1) is 5.71 Å². The molecule has 1 aromatic carbocycles. The van der Waals surface area contributed by atoms with Crippen LogP contribution in [0.3, 0.4) is 0 Å². The molecule has 0 saturated carbocycles. The van der Waals surface area contributed by atoms with Gasteiger partial charge >= 0.3 is 0 Å². The highest BCUT2D eigenvalue weighted by Gasteiger charge is 2.01. The Labute approximate surface area is 109 Å². The van der Waals surface area contributed by atoms with Gasteiger partial charge in [-0.15, -0.1) is 0 Å². The summed E-state index contributed by atoms with van der Waals surface area (Å²) in [5.41, 5.74) is 4.86. The van der Waals surface area contributed by atoms with Crippen molar-refractivity contribution >= 4 is 39.0 Å². The van der Waals surface area contributed by atoms with E-state index in [1.807, 2.05) is 24.3 Å². The minimum atomic E-state index is 0.517. The van der Waals surface area contributed by atoms with E-state index < -0.39 is 0 Å². The fraction of sp³-hybridized carbons (Fsp3) is 0.273. The fourth-order valence-corrected chi connectivity index (χ4v) is 1.47. The second kappa shape index (κ2) is 6.60. The monoisotopic (exact) mass is 299 g/mol. The minimum absolute atomic E-state index is 0.517. The van der Waals surface area contributed by atoms with E-state index in [4.69, 9.17) is 12.2 Å². The molecule has 0 aromatic heterocycles. The standard InChI is InChI=1S/C11H14BrN3S/c1-3-10(14-15-11(16)13-2)8-4-6-9(12)7-5-8/h4-7H,3H2,1-2H3,(H2,13,15,16)/b14-10-. The van der Waals surface area contributed by atoms with Crippen molar-refractivity contribution in [2.45, 2.75) is 13.3 Å². The molecule has 3 nitrogen and oxygen atoms in total. The predicted octanol–water partition coefficient (Wildman–Crippen LogP) is 2.66. The van der Waals surface area contributed by atoms with Crippen molar-refractivity contribution in [3.63, 3.8) is 0 Å². The quantitative estimate of drug-likeness (QED) is 0.512. The fourth-order valence-electron chi connectivity index (χ4n) is 1.16. The zero-order chi connectivity index (χ0) is 12.0. The van der Waals surface area contributed by atoms with Gasteiger partial charge < -0.3 is 5.32 Å². The molecule has 16 heavy (non-hydrogen) atoms. The molecular formula is C11H14BrN3S. The van der Waals surface area contributed by atoms with E-state index in [0.29, 0.717) is 5.11 Å². The van der Waals surface area contributed by atoms with Crippen molar-refractivity contribution < 1.29 is 0 Å². The van der Waals surface area contributed by atoms with E-state index in [1.54, 1.807) is 7.05 Å². The number of halogens is 1. The molecule has 0 aliphatic carbocycles. The SMILES string of the molecule is CC/C(=N/NC(=S)NC)c1ccc(Br)cc1. The molecule has 1 rings (SSSR count). The summed E-state index contributed by atoms with van der Waals surface area (Å²) < 4.78 is 1.06. The Morgan fingerprint density at radius 1 is 1.38 bits per heavy atom. The summed E-state index contributed by atoms with van der Waals surface area (Å²) in [5, 5.41) is 7.59. The first-order valence-electron chi connectivity index (χ1n) is 4.97. The lowest BCUT2D eigenvalue weighted by atomic mass is 10.1. The van der Waals surface area contributed by atoms with E-state index in [0.717, 1.165) is 22.2 Å². The largest absolute Gasteiger partial charge is 0.364 e. The van der Waals surface area contributed by atoms with Crippen molar-refractivity contribution in [1.29, 1.82) is 0 Å². The normalized spacial score (nSPS) is 11.1. The van der Waals surface area contributed by atoms with Crippen molar-refractivity contribution in [1.82, 2.24) is 10.7 Å². The van der Waals surface area contributed by atoms with Crippen LogP contribution < -0.4 is 10.7 Å². The van der Waals surface area contributed by atoms with Gasteiger partial charge in [0.25, 0.3) is 0 Å². The van der Waals surface area contributed by atoms with E-state index in [-0.39, 0.29) is 0 Å². The molecule has 0 amide bonds. The molecular weight excluding hydrogens is 286 g/mol. The Morgan fingerprint density at radius 2 is 2.00 bits per heavy atom. The second-order valence-electron chi connectivity index (χ2n) is 3.11. The molecule has 2 N–H and O–H groups in total. The summed E-state index contributed by atoms with van der Waals surface area (Å²) in [4.78, 5) is 0. The van der Waals surface area contributed by atoms with Crippen LogP contribution in [0.4, 0.5) is 0 Å². The summed E-state index contributed by atoms with van der Waals surface area (Å²) in [6.45, 7) is 2.06. The summed E-state index contributed by atoms with van der Waals surface area (Å²) in [6.07, 6.45) is 0.848. The number of nitrogens with zero attached hydrogens (tertiary/aromatic N) is 1. The Bertz CT molecular complexity index is 387. The molecule has 0 aliphatic rings. The lowest BCUT2D eigenvalue weighted by Gasteiger charge is -2.06. The molecule has 5 heteroatoms. The van der Waals surface area contributed by atoms with Crippen molar-refractivity contribution in [2.24, 2.45) is 5.10 Å². The van der Waals surface area contributed by atoms with Crippen LogP contribution in [-0.4, -0.2) is 17.9 Å². The van der Waals surface area contributed by atoms with Gasteiger partial charge in [-0.3, -0.25) is 5.43 Å². The van der Waals surface area contributed by atoms with Gasteiger partial charge in [0, 0.05) is 11.5 Å². The Kier molecular flexibility index (Phi) is 5.42. The molecule has 0 heterocycles. The van der Waals surface area contributed by atoms with E-state index in [2.05, 4.69) is 38.7 Å². The topological polar surface area (TPSA) is 36.4 Å². The molecule has 0 atom stereocenters. The summed E-state index contributed by atoms with van der Waals surface area (Å²) in [7, 11) is 1.76. The number of hydrogen-bond donors (Lipinski definition) is 2. The van der Waals surface area contributed by atoms with E-state index in [1.165, 1.54) is 0 Å².